The van der Waals surface area contributed by atoms with Gasteiger partial charge in [0.05, 0.1) is 26.3 Å². The summed E-state index contributed by atoms with van der Waals surface area (Å²) in [6.45, 7) is 2.09. The molecule has 2 unspecified atom stereocenters. The summed E-state index contributed by atoms with van der Waals surface area (Å²) in [5.41, 5.74) is 9.55. The van der Waals surface area contributed by atoms with Gasteiger partial charge in [0, 0.05) is 0 Å². The highest BCUT2D eigenvalue weighted by Crippen LogP contribution is 2.36. The Morgan fingerprint density at radius 2 is 1.83 bits per heavy atom. The van der Waals surface area contributed by atoms with Crippen molar-refractivity contribution in [2.75, 3.05) is 14.2 Å². The predicted octanol–water partition coefficient (Wildman–Crippen LogP) is 3.10. The highest BCUT2D eigenvalue weighted by Gasteiger charge is 2.25. The SMILES string of the molecule is COc1ccc(C2CC(c3cccc(C)c3)N=C(N)N2)cc1OC. The number of hydrogen-bond donors (Lipinski definition) is 2. The summed E-state index contributed by atoms with van der Waals surface area (Å²) in [7, 11) is 3.27. The average molecular weight is 325 g/mol. The molecular weight excluding hydrogens is 302 g/mol. The number of nitrogens with zero attached hydrogens (tertiary/aromatic N) is 1. The molecule has 2 atom stereocenters. The van der Waals surface area contributed by atoms with Gasteiger partial charge in [0.2, 0.25) is 0 Å². The normalized spacial score (nSPS) is 20.0. The third-order valence-corrected chi connectivity index (χ3v) is 4.31. The molecule has 126 valence electrons. The summed E-state index contributed by atoms with van der Waals surface area (Å²) >= 11 is 0. The summed E-state index contributed by atoms with van der Waals surface area (Å²) in [4.78, 5) is 4.57. The maximum absolute atomic E-state index is 6.04. The van der Waals surface area contributed by atoms with Crippen LogP contribution in [-0.2, 0) is 0 Å². The molecule has 24 heavy (non-hydrogen) atoms. The molecule has 3 N–H and O–H groups in total. The van der Waals surface area contributed by atoms with E-state index in [-0.39, 0.29) is 12.1 Å². The van der Waals surface area contributed by atoms with E-state index in [4.69, 9.17) is 15.2 Å². The highest BCUT2D eigenvalue weighted by molar-refractivity contribution is 5.79. The van der Waals surface area contributed by atoms with E-state index in [2.05, 4.69) is 41.5 Å². The number of benzene rings is 2. The Morgan fingerprint density at radius 1 is 1.04 bits per heavy atom. The van der Waals surface area contributed by atoms with Crippen LogP contribution >= 0.6 is 0 Å². The van der Waals surface area contributed by atoms with E-state index in [0.29, 0.717) is 17.5 Å². The van der Waals surface area contributed by atoms with Gasteiger partial charge in [-0.3, -0.25) is 0 Å². The van der Waals surface area contributed by atoms with Gasteiger partial charge in [0.1, 0.15) is 0 Å². The van der Waals surface area contributed by atoms with Gasteiger partial charge in [0.25, 0.3) is 0 Å². The van der Waals surface area contributed by atoms with E-state index < -0.39 is 0 Å². The molecule has 5 nitrogen and oxygen atoms in total. The Bertz CT molecular complexity index is 758. The maximum atomic E-state index is 6.04. The zero-order valence-electron chi connectivity index (χ0n) is 14.2. The molecule has 0 saturated carbocycles. The Kier molecular flexibility index (Phi) is 4.60. The highest BCUT2D eigenvalue weighted by atomic mass is 16.5. The van der Waals surface area contributed by atoms with Gasteiger partial charge >= 0.3 is 0 Å². The van der Waals surface area contributed by atoms with Crippen molar-refractivity contribution in [1.82, 2.24) is 5.32 Å². The molecule has 0 bridgehead atoms. The molecule has 5 heteroatoms. The van der Waals surface area contributed by atoms with Crippen molar-refractivity contribution in [3.05, 3.63) is 59.2 Å². The average Bonchev–Trinajstić information content (AvgIpc) is 2.60. The number of nitrogens with two attached hydrogens (primary N) is 1. The van der Waals surface area contributed by atoms with Crippen LogP contribution < -0.4 is 20.5 Å². The van der Waals surface area contributed by atoms with Crippen LogP contribution in [0.4, 0.5) is 0 Å². The zero-order chi connectivity index (χ0) is 17.1. The fourth-order valence-electron chi connectivity index (χ4n) is 3.10. The molecule has 0 fully saturated rings. The van der Waals surface area contributed by atoms with Crippen LogP contribution in [0.2, 0.25) is 0 Å². The summed E-state index contributed by atoms with van der Waals surface area (Å²) in [6.07, 6.45) is 0.833. The summed E-state index contributed by atoms with van der Waals surface area (Å²) < 4.78 is 10.7. The maximum Gasteiger partial charge on any atom is 0.189 e. The van der Waals surface area contributed by atoms with Crippen molar-refractivity contribution in [3.8, 4) is 11.5 Å². The van der Waals surface area contributed by atoms with Gasteiger partial charge < -0.3 is 20.5 Å². The monoisotopic (exact) mass is 325 g/mol. The third kappa shape index (κ3) is 3.30. The molecule has 0 saturated heterocycles. The van der Waals surface area contributed by atoms with Crippen molar-refractivity contribution in [3.63, 3.8) is 0 Å². The molecule has 0 spiro atoms. The van der Waals surface area contributed by atoms with Crippen molar-refractivity contribution in [2.24, 2.45) is 10.7 Å². The van der Waals surface area contributed by atoms with Crippen molar-refractivity contribution >= 4 is 5.96 Å². The van der Waals surface area contributed by atoms with Crippen molar-refractivity contribution in [1.29, 1.82) is 0 Å². The molecular formula is C19H23N3O2. The minimum atomic E-state index is 0.0456. The number of nitrogens with one attached hydrogen (secondary N) is 1. The van der Waals surface area contributed by atoms with Gasteiger partial charge in [-0.15, -0.1) is 0 Å². The molecule has 0 aliphatic carbocycles. The quantitative estimate of drug-likeness (QED) is 0.906. The molecule has 3 rings (SSSR count). The number of ether oxygens (including phenoxy) is 2. The van der Waals surface area contributed by atoms with Crippen molar-refractivity contribution in [2.45, 2.75) is 25.4 Å². The predicted molar refractivity (Wildman–Crippen MR) is 95.6 cm³/mol. The number of aryl methyl sites for hydroxylation is 1. The van der Waals surface area contributed by atoms with Crippen LogP contribution in [0.1, 0.15) is 35.2 Å². The van der Waals surface area contributed by atoms with Crippen LogP contribution in [0.3, 0.4) is 0 Å². The molecule has 1 aliphatic rings. The minimum Gasteiger partial charge on any atom is -0.493 e. The largest absolute Gasteiger partial charge is 0.493 e. The fraction of sp³-hybridized carbons (Fsp3) is 0.316. The van der Waals surface area contributed by atoms with Crippen LogP contribution in [0.5, 0.6) is 11.5 Å². The standard InChI is InChI=1S/C19H23N3O2/c1-12-5-4-6-13(9-12)15-11-16(22-19(20)21-15)14-7-8-17(23-2)18(10-14)24-3/h4-10,15-16H,11H2,1-3H3,(H3,20,21,22). The summed E-state index contributed by atoms with van der Waals surface area (Å²) in [5, 5.41) is 3.27. The Morgan fingerprint density at radius 3 is 2.54 bits per heavy atom. The van der Waals surface area contributed by atoms with E-state index in [1.54, 1.807) is 14.2 Å². The first-order valence-electron chi connectivity index (χ1n) is 7.99. The van der Waals surface area contributed by atoms with Gasteiger partial charge in [-0.1, -0.05) is 35.9 Å². The van der Waals surface area contributed by atoms with Gasteiger partial charge in [0.15, 0.2) is 17.5 Å². The van der Waals surface area contributed by atoms with Crippen molar-refractivity contribution < 1.29 is 9.47 Å². The van der Waals surface area contributed by atoms with Gasteiger partial charge in [-0.2, -0.15) is 0 Å². The second-order valence-corrected chi connectivity index (χ2v) is 5.99. The number of methoxy groups -OCH3 is 2. The topological polar surface area (TPSA) is 68.9 Å². The zero-order valence-corrected chi connectivity index (χ0v) is 14.2. The number of aliphatic imine (C=N–C) groups is 1. The first-order valence-corrected chi connectivity index (χ1v) is 7.99. The Hall–Kier alpha value is -2.69. The second kappa shape index (κ2) is 6.83. The van der Waals surface area contributed by atoms with E-state index in [9.17, 15) is 0 Å². The number of rotatable bonds is 4. The van der Waals surface area contributed by atoms with E-state index in [0.717, 1.165) is 12.0 Å². The van der Waals surface area contributed by atoms with Crippen LogP contribution in [-0.4, -0.2) is 20.2 Å². The Balaban J connectivity index is 1.89. The molecule has 0 aromatic heterocycles. The van der Waals surface area contributed by atoms with E-state index >= 15 is 0 Å². The molecule has 2 aromatic rings. The first kappa shape index (κ1) is 16.2. The lowest BCUT2D eigenvalue weighted by atomic mass is 9.93. The summed E-state index contributed by atoms with van der Waals surface area (Å²) in [5.74, 6) is 1.89. The van der Waals surface area contributed by atoms with Gasteiger partial charge in [-0.25, -0.2) is 4.99 Å². The van der Waals surface area contributed by atoms with Gasteiger partial charge in [-0.05, 0) is 36.6 Å². The molecule has 0 radical (unpaired) electrons. The Labute approximate surface area is 142 Å². The van der Waals surface area contributed by atoms with E-state index in [1.165, 1.54) is 11.1 Å². The smallest absolute Gasteiger partial charge is 0.189 e. The molecule has 1 aliphatic heterocycles. The van der Waals surface area contributed by atoms with E-state index in [1.807, 2.05) is 18.2 Å². The first-order chi connectivity index (χ1) is 11.6. The molecule has 0 amide bonds. The molecule has 2 aromatic carbocycles. The van der Waals surface area contributed by atoms with Crippen LogP contribution in [0, 0.1) is 6.92 Å². The summed E-state index contributed by atoms with van der Waals surface area (Å²) in [6, 6.07) is 14.5. The molecule has 1 heterocycles. The van der Waals surface area contributed by atoms with Crippen LogP contribution in [0.15, 0.2) is 47.5 Å². The lowest BCUT2D eigenvalue weighted by Crippen LogP contribution is -2.39. The third-order valence-electron chi connectivity index (χ3n) is 4.31. The fourth-order valence-corrected chi connectivity index (χ4v) is 3.10. The number of hydrogen-bond acceptors (Lipinski definition) is 5. The lowest BCUT2D eigenvalue weighted by Gasteiger charge is -2.29. The lowest BCUT2D eigenvalue weighted by molar-refractivity contribution is 0.353. The second-order valence-electron chi connectivity index (χ2n) is 5.99. The van der Waals surface area contributed by atoms with Crippen LogP contribution in [0.25, 0.3) is 0 Å². The number of guanidine groups is 1. The minimum absolute atomic E-state index is 0.0456.